The quantitative estimate of drug-likeness (QED) is 0.690. The summed E-state index contributed by atoms with van der Waals surface area (Å²) in [6, 6.07) is 9.24. The maximum Gasteiger partial charge on any atom is 0.141 e. The minimum absolute atomic E-state index is 0.0238. The minimum atomic E-state index is -0.986. The van der Waals surface area contributed by atoms with E-state index in [-0.39, 0.29) is 34.1 Å². The second kappa shape index (κ2) is 6.69. The normalized spacial score (nSPS) is 51.0. The molecule has 3 heteroatoms. The van der Waals surface area contributed by atoms with Crippen LogP contribution in [-0.4, -0.2) is 29.7 Å². The fourth-order valence-electron chi connectivity index (χ4n) is 10.5. The van der Waals surface area contributed by atoms with E-state index in [0.29, 0.717) is 24.2 Å². The topological polar surface area (TPSA) is 46.5 Å². The van der Waals surface area contributed by atoms with Gasteiger partial charge >= 0.3 is 0 Å². The molecule has 0 aromatic heterocycles. The molecule has 1 spiro atoms. The lowest BCUT2D eigenvalue weighted by atomic mass is 9.48. The zero-order chi connectivity index (χ0) is 22.5. The lowest BCUT2D eigenvalue weighted by molar-refractivity contribution is -0.186. The molecule has 5 saturated carbocycles. The molecule has 32 heavy (non-hydrogen) atoms. The van der Waals surface area contributed by atoms with Crippen LogP contribution in [-0.2, 0) is 22.4 Å². The molecule has 0 heterocycles. The van der Waals surface area contributed by atoms with Gasteiger partial charge in [-0.15, -0.1) is 0 Å². The van der Waals surface area contributed by atoms with Gasteiger partial charge in [0.15, 0.2) is 0 Å². The van der Waals surface area contributed by atoms with Gasteiger partial charge in [-0.25, -0.2) is 0 Å². The number of hydrogen-bond donors (Lipinski definition) is 1. The number of aryl methyl sites for hydroxylation is 1. The molecular weight excluding hydrogens is 396 g/mol. The predicted molar refractivity (Wildman–Crippen MR) is 125 cm³/mol. The van der Waals surface area contributed by atoms with E-state index in [9.17, 15) is 9.90 Å². The summed E-state index contributed by atoms with van der Waals surface area (Å²) in [4.78, 5) is 13.3. The van der Waals surface area contributed by atoms with Crippen LogP contribution in [0, 0.1) is 39.9 Å². The number of methoxy groups -OCH3 is 1. The number of ketones is 1. The molecule has 1 aromatic carbocycles. The molecule has 1 N–H and O–H groups in total. The van der Waals surface area contributed by atoms with Crippen molar-refractivity contribution in [1.29, 1.82) is 0 Å². The SMILES string of the molecule is CCc1ccc(C[C@H]2CC[C@@]3(CC[C@@H]4C[C@@]5(C)[C@@]6(O)[C@@H](OC)CC(=O)[C@@H]6[C@H]4[C@]35C)C2)cc1. The van der Waals surface area contributed by atoms with E-state index in [0.717, 1.165) is 12.8 Å². The molecule has 9 atom stereocenters. The van der Waals surface area contributed by atoms with Crippen molar-refractivity contribution in [3.05, 3.63) is 35.4 Å². The summed E-state index contributed by atoms with van der Waals surface area (Å²) in [7, 11) is 1.69. The summed E-state index contributed by atoms with van der Waals surface area (Å²) in [5, 5.41) is 12.3. The number of ether oxygens (including phenoxy) is 1. The molecule has 0 unspecified atom stereocenters. The Balaban J connectivity index is 1.34. The van der Waals surface area contributed by atoms with Crippen LogP contribution in [0.5, 0.6) is 0 Å². The first kappa shape index (κ1) is 21.4. The number of carbonyl (C=O) groups excluding carboxylic acids is 1. The number of carbonyl (C=O) groups is 1. The number of aliphatic hydroxyl groups is 1. The average molecular weight is 437 g/mol. The molecule has 0 saturated heterocycles. The summed E-state index contributed by atoms with van der Waals surface area (Å²) in [6.07, 6.45) is 9.71. The van der Waals surface area contributed by atoms with E-state index < -0.39 is 5.60 Å². The zero-order valence-corrected chi connectivity index (χ0v) is 20.3. The highest BCUT2D eigenvalue weighted by Crippen LogP contribution is 2.85. The van der Waals surface area contributed by atoms with E-state index >= 15 is 0 Å². The van der Waals surface area contributed by atoms with Gasteiger partial charge in [0.1, 0.15) is 11.4 Å². The van der Waals surface area contributed by atoms with Crippen LogP contribution in [0.15, 0.2) is 24.3 Å². The average Bonchev–Trinajstić information content (AvgIpc) is 3.40. The van der Waals surface area contributed by atoms with E-state index in [1.807, 2.05) is 0 Å². The van der Waals surface area contributed by atoms with Crippen molar-refractivity contribution in [3.63, 3.8) is 0 Å². The van der Waals surface area contributed by atoms with Crippen molar-refractivity contribution in [2.75, 3.05) is 7.11 Å². The maximum atomic E-state index is 13.3. The number of benzene rings is 1. The lowest BCUT2D eigenvalue weighted by Crippen LogP contribution is -2.58. The van der Waals surface area contributed by atoms with Crippen LogP contribution in [0.25, 0.3) is 0 Å². The van der Waals surface area contributed by atoms with Crippen molar-refractivity contribution in [2.45, 2.75) is 90.3 Å². The van der Waals surface area contributed by atoms with Crippen LogP contribution in [0.1, 0.15) is 76.8 Å². The predicted octanol–water partition coefficient (Wildman–Crippen LogP) is 5.37. The summed E-state index contributed by atoms with van der Waals surface area (Å²) in [5.74, 6) is 1.70. The van der Waals surface area contributed by atoms with Gasteiger partial charge in [-0.05, 0) is 91.1 Å². The number of hydrogen-bond acceptors (Lipinski definition) is 3. The number of fused-ring (bicyclic) bond motifs is 2. The molecule has 0 radical (unpaired) electrons. The molecule has 5 aliphatic rings. The van der Waals surface area contributed by atoms with Crippen LogP contribution in [0.3, 0.4) is 0 Å². The highest BCUT2D eigenvalue weighted by atomic mass is 16.5. The molecule has 174 valence electrons. The van der Waals surface area contributed by atoms with Gasteiger partial charge in [0.05, 0.1) is 12.0 Å². The Hall–Kier alpha value is -1.19. The number of Topliss-reactive ketones (excluding diaryl/α,β-unsaturated/α-hetero) is 1. The summed E-state index contributed by atoms with van der Waals surface area (Å²) in [6.45, 7) is 7.05. The summed E-state index contributed by atoms with van der Waals surface area (Å²) < 4.78 is 5.81. The molecule has 3 nitrogen and oxygen atoms in total. The summed E-state index contributed by atoms with van der Waals surface area (Å²) >= 11 is 0. The van der Waals surface area contributed by atoms with Crippen LogP contribution in [0.2, 0.25) is 0 Å². The Labute approximate surface area is 193 Å². The van der Waals surface area contributed by atoms with E-state index in [1.165, 1.54) is 49.7 Å². The van der Waals surface area contributed by atoms with Crippen LogP contribution < -0.4 is 0 Å². The Bertz CT molecular complexity index is 938. The Morgan fingerprint density at radius 2 is 1.75 bits per heavy atom. The number of rotatable bonds is 4. The van der Waals surface area contributed by atoms with E-state index in [2.05, 4.69) is 45.0 Å². The van der Waals surface area contributed by atoms with Gasteiger partial charge in [-0.3, -0.25) is 4.79 Å². The van der Waals surface area contributed by atoms with E-state index in [4.69, 9.17) is 4.74 Å². The smallest absolute Gasteiger partial charge is 0.141 e. The highest BCUT2D eigenvalue weighted by molar-refractivity contribution is 5.88. The first-order chi connectivity index (χ1) is 15.2. The fraction of sp³-hybridized carbons (Fsp3) is 0.759. The van der Waals surface area contributed by atoms with Crippen molar-refractivity contribution >= 4 is 5.78 Å². The Morgan fingerprint density at radius 3 is 2.44 bits per heavy atom. The van der Waals surface area contributed by atoms with Gasteiger partial charge in [-0.1, -0.05) is 45.0 Å². The molecule has 4 bridgehead atoms. The molecule has 6 rings (SSSR count). The third kappa shape index (κ3) is 2.24. The lowest BCUT2D eigenvalue weighted by Gasteiger charge is -2.57. The highest BCUT2D eigenvalue weighted by Gasteiger charge is 2.86. The molecule has 5 fully saturated rings. The summed E-state index contributed by atoms with van der Waals surface area (Å²) in [5.41, 5.74) is 1.94. The molecule has 0 aliphatic heterocycles. The van der Waals surface area contributed by atoms with Gasteiger partial charge in [0, 0.05) is 18.9 Å². The third-order valence-electron chi connectivity index (χ3n) is 12.0. The molecule has 1 aromatic rings. The molecule has 5 aliphatic carbocycles. The maximum absolute atomic E-state index is 13.3. The van der Waals surface area contributed by atoms with Gasteiger partial charge in [-0.2, -0.15) is 0 Å². The second-order valence-corrected chi connectivity index (χ2v) is 12.5. The van der Waals surface area contributed by atoms with Crippen LogP contribution >= 0.6 is 0 Å². The van der Waals surface area contributed by atoms with Crippen molar-refractivity contribution < 1.29 is 14.6 Å². The van der Waals surface area contributed by atoms with Crippen molar-refractivity contribution in [2.24, 2.45) is 39.9 Å². The fourth-order valence-corrected chi connectivity index (χ4v) is 10.5. The monoisotopic (exact) mass is 436 g/mol. The third-order valence-corrected chi connectivity index (χ3v) is 12.0. The van der Waals surface area contributed by atoms with E-state index in [1.54, 1.807) is 7.11 Å². The minimum Gasteiger partial charge on any atom is -0.386 e. The first-order valence-electron chi connectivity index (χ1n) is 13.1. The largest absolute Gasteiger partial charge is 0.386 e. The zero-order valence-electron chi connectivity index (χ0n) is 20.3. The van der Waals surface area contributed by atoms with Crippen molar-refractivity contribution in [1.82, 2.24) is 0 Å². The van der Waals surface area contributed by atoms with Crippen molar-refractivity contribution in [3.8, 4) is 0 Å². The first-order valence-corrected chi connectivity index (χ1v) is 13.1. The van der Waals surface area contributed by atoms with Gasteiger partial charge in [0.2, 0.25) is 0 Å². The Kier molecular flexibility index (Phi) is 4.46. The van der Waals surface area contributed by atoms with Gasteiger partial charge < -0.3 is 9.84 Å². The van der Waals surface area contributed by atoms with Gasteiger partial charge in [0.25, 0.3) is 0 Å². The standard InChI is InChI=1S/C29H40O3/c1-5-18-6-8-19(9-7-18)14-20-10-12-28(16-20)13-11-21-17-26(2)27(28,3)24(21)25-22(30)15-23(32-4)29(25,26)31/h6-9,20-21,23-25,31H,5,10-17H2,1-4H3/t20-,21-,23+,24+,25-,26-,27+,28-,29-/m1/s1. The van der Waals surface area contributed by atoms with Crippen LogP contribution in [0.4, 0.5) is 0 Å². The molecular formula is C29H40O3. The Morgan fingerprint density at radius 1 is 1.06 bits per heavy atom. The second-order valence-electron chi connectivity index (χ2n) is 12.5. The molecule has 0 amide bonds.